The molecule has 1 heterocycles. The number of carbonyl (C=O) groups is 3. The van der Waals surface area contributed by atoms with Crippen molar-refractivity contribution in [2.75, 3.05) is 23.0 Å². The number of para-hydroxylation sites is 1. The van der Waals surface area contributed by atoms with E-state index >= 15 is 0 Å². The number of thiophene rings is 1. The van der Waals surface area contributed by atoms with Gasteiger partial charge in [0.25, 0.3) is 5.91 Å². The van der Waals surface area contributed by atoms with Crippen molar-refractivity contribution < 1.29 is 19.1 Å². The third-order valence-electron chi connectivity index (χ3n) is 4.18. The smallest absolute Gasteiger partial charge is 0.338 e. The minimum atomic E-state index is -0.460. The zero-order valence-electron chi connectivity index (χ0n) is 16.5. The van der Waals surface area contributed by atoms with Gasteiger partial charge in [0.05, 0.1) is 28.3 Å². The normalized spacial score (nSPS) is 10.3. The van der Waals surface area contributed by atoms with Crippen LogP contribution in [0.3, 0.4) is 0 Å². The fraction of sp³-hybridized carbons (Fsp3) is 0.136. The number of carbonyl (C=O) groups excluding carboxylic acids is 3. The van der Waals surface area contributed by atoms with Crippen LogP contribution in [0, 0.1) is 0 Å². The molecular formula is C22H21N3O4S. The Balaban J connectivity index is 1.87. The highest BCUT2D eigenvalue weighted by molar-refractivity contribution is 7.19. The lowest BCUT2D eigenvalue weighted by Gasteiger charge is -2.10. The van der Waals surface area contributed by atoms with Gasteiger partial charge in [-0.2, -0.15) is 0 Å². The second-order valence-electron chi connectivity index (χ2n) is 6.35. The fourth-order valence-corrected chi connectivity index (χ4v) is 3.80. The van der Waals surface area contributed by atoms with Gasteiger partial charge in [0.1, 0.15) is 5.00 Å². The average Bonchev–Trinajstić information content (AvgIpc) is 3.05. The zero-order valence-corrected chi connectivity index (χ0v) is 17.3. The third kappa shape index (κ3) is 4.66. The van der Waals surface area contributed by atoms with E-state index in [0.29, 0.717) is 21.1 Å². The predicted octanol–water partition coefficient (Wildman–Crippen LogP) is 4.71. The van der Waals surface area contributed by atoms with E-state index in [1.807, 2.05) is 30.3 Å². The quantitative estimate of drug-likeness (QED) is 0.375. The molecular weight excluding hydrogens is 402 g/mol. The Morgan fingerprint density at radius 3 is 2.27 bits per heavy atom. The summed E-state index contributed by atoms with van der Waals surface area (Å²) in [5.74, 6) is -1.11. The number of esters is 1. The van der Waals surface area contributed by atoms with E-state index in [1.54, 1.807) is 31.2 Å². The van der Waals surface area contributed by atoms with E-state index in [1.165, 1.54) is 6.92 Å². The summed E-state index contributed by atoms with van der Waals surface area (Å²) in [7, 11) is 0. The molecule has 0 aliphatic rings. The van der Waals surface area contributed by atoms with Crippen LogP contribution in [-0.4, -0.2) is 24.3 Å². The van der Waals surface area contributed by atoms with E-state index < -0.39 is 11.9 Å². The highest BCUT2D eigenvalue weighted by Crippen LogP contribution is 2.38. The Labute approximate surface area is 177 Å². The number of anilines is 4. The Morgan fingerprint density at radius 1 is 1.00 bits per heavy atom. The van der Waals surface area contributed by atoms with Crippen LogP contribution in [0.15, 0.2) is 54.6 Å². The predicted molar refractivity (Wildman–Crippen MR) is 119 cm³/mol. The molecule has 30 heavy (non-hydrogen) atoms. The SMILES string of the molecule is CCOC(=O)c1ccc(NC(=O)c2c(Nc3ccccc3)sc(C(C)=O)c2N)cc1. The molecule has 1 amide bonds. The number of nitrogens with two attached hydrogens (primary N) is 1. The number of hydrogen-bond donors (Lipinski definition) is 3. The third-order valence-corrected chi connectivity index (χ3v) is 5.40. The monoisotopic (exact) mass is 423 g/mol. The molecule has 0 atom stereocenters. The van der Waals surface area contributed by atoms with Crippen molar-refractivity contribution in [3.8, 4) is 0 Å². The number of rotatable bonds is 7. The maximum absolute atomic E-state index is 13.0. The first-order valence-corrected chi connectivity index (χ1v) is 10.1. The van der Waals surface area contributed by atoms with Gasteiger partial charge in [-0.3, -0.25) is 9.59 Å². The second kappa shape index (κ2) is 9.23. The largest absolute Gasteiger partial charge is 0.462 e. The summed E-state index contributed by atoms with van der Waals surface area (Å²) in [6.07, 6.45) is 0. The number of amides is 1. The summed E-state index contributed by atoms with van der Waals surface area (Å²) in [5.41, 5.74) is 8.10. The maximum atomic E-state index is 13.0. The first-order valence-electron chi connectivity index (χ1n) is 9.24. The van der Waals surface area contributed by atoms with Crippen molar-refractivity contribution in [1.29, 1.82) is 0 Å². The van der Waals surface area contributed by atoms with Gasteiger partial charge in [-0.15, -0.1) is 11.3 Å². The Kier molecular flexibility index (Phi) is 6.48. The van der Waals surface area contributed by atoms with Crippen LogP contribution < -0.4 is 16.4 Å². The first-order chi connectivity index (χ1) is 14.4. The minimum Gasteiger partial charge on any atom is -0.462 e. The van der Waals surface area contributed by atoms with Crippen LogP contribution in [0.5, 0.6) is 0 Å². The van der Waals surface area contributed by atoms with E-state index in [2.05, 4.69) is 10.6 Å². The Hall–Kier alpha value is -3.65. The minimum absolute atomic E-state index is 0.131. The molecule has 0 aliphatic heterocycles. The van der Waals surface area contributed by atoms with Gasteiger partial charge in [0.2, 0.25) is 0 Å². The molecule has 154 valence electrons. The highest BCUT2D eigenvalue weighted by Gasteiger charge is 2.24. The number of nitrogens with one attached hydrogen (secondary N) is 2. The molecule has 0 aliphatic carbocycles. The molecule has 3 rings (SSSR count). The van der Waals surface area contributed by atoms with Crippen LogP contribution in [0.25, 0.3) is 0 Å². The van der Waals surface area contributed by atoms with Crippen molar-refractivity contribution in [3.05, 3.63) is 70.6 Å². The summed E-state index contributed by atoms with van der Waals surface area (Å²) in [6, 6.07) is 15.6. The van der Waals surface area contributed by atoms with Crippen LogP contribution >= 0.6 is 11.3 Å². The molecule has 0 saturated carbocycles. The van der Waals surface area contributed by atoms with E-state index in [-0.39, 0.29) is 23.6 Å². The number of ketones is 1. The summed E-state index contributed by atoms with van der Waals surface area (Å²) in [5, 5.41) is 6.39. The van der Waals surface area contributed by atoms with Gasteiger partial charge in [-0.1, -0.05) is 18.2 Å². The topological polar surface area (TPSA) is 111 Å². The number of hydrogen-bond acceptors (Lipinski definition) is 7. The summed E-state index contributed by atoms with van der Waals surface area (Å²) in [6.45, 7) is 3.42. The number of benzene rings is 2. The number of ether oxygens (including phenoxy) is 1. The van der Waals surface area contributed by atoms with Gasteiger partial charge in [0, 0.05) is 18.3 Å². The highest BCUT2D eigenvalue weighted by atomic mass is 32.1. The molecule has 4 N–H and O–H groups in total. The molecule has 0 fully saturated rings. The van der Waals surface area contributed by atoms with Crippen LogP contribution in [0.2, 0.25) is 0 Å². The molecule has 3 aromatic rings. The molecule has 0 saturated heterocycles. The zero-order chi connectivity index (χ0) is 21.7. The lowest BCUT2D eigenvalue weighted by atomic mass is 10.1. The van der Waals surface area contributed by atoms with Gasteiger partial charge < -0.3 is 21.1 Å². The fourth-order valence-electron chi connectivity index (χ4n) is 2.77. The van der Waals surface area contributed by atoms with Crippen molar-refractivity contribution in [2.45, 2.75) is 13.8 Å². The first kappa shape index (κ1) is 21.1. The van der Waals surface area contributed by atoms with Crippen LogP contribution in [-0.2, 0) is 4.74 Å². The standard InChI is InChI=1S/C22H21N3O4S/c1-3-29-22(28)14-9-11-16(12-10-14)24-20(27)17-18(23)19(13(2)26)30-21(17)25-15-7-5-4-6-8-15/h4-12,25H,3,23H2,1-2H3,(H,24,27). The van der Waals surface area contributed by atoms with E-state index in [4.69, 9.17) is 10.5 Å². The lowest BCUT2D eigenvalue weighted by Crippen LogP contribution is -2.15. The summed E-state index contributed by atoms with van der Waals surface area (Å²) in [4.78, 5) is 37.0. The van der Waals surface area contributed by atoms with Crippen molar-refractivity contribution >= 4 is 51.1 Å². The van der Waals surface area contributed by atoms with Gasteiger partial charge in [-0.05, 0) is 43.3 Å². The summed E-state index contributed by atoms with van der Waals surface area (Å²) < 4.78 is 4.95. The van der Waals surface area contributed by atoms with Gasteiger partial charge in [-0.25, -0.2) is 4.79 Å². The molecule has 0 unspecified atom stereocenters. The molecule has 1 aromatic heterocycles. The number of nitrogen functional groups attached to an aromatic ring is 1. The maximum Gasteiger partial charge on any atom is 0.338 e. The second-order valence-corrected chi connectivity index (χ2v) is 7.37. The molecule has 0 radical (unpaired) electrons. The van der Waals surface area contributed by atoms with E-state index in [9.17, 15) is 14.4 Å². The summed E-state index contributed by atoms with van der Waals surface area (Å²) >= 11 is 1.13. The van der Waals surface area contributed by atoms with Gasteiger partial charge >= 0.3 is 5.97 Å². The molecule has 8 heteroatoms. The van der Waals surface area contributed by atoms with Crippen LogP contribution in [0.4, 0.5) is 22.1 Å². The average molecular weight is 423 g/mol. The van der Waals surface area contributed by atoms with Gasteiger partial charge in [0.15, 0.2) is 5.78 Å². The van der Waals surface area contributed by atoms with E-state index in [0.717, 1.165) is 17.0 Å². The molecule has 2 aromatic carbocycles. The van der Waals surface area contributed by atoms with Crippen molar-refractivity contribution in [1.82, 2.24) is 0 Å². The van der Waals surface area contributed by atoms with Crippen molar-refractivity contribution in [3.63, 3.8) is 0 Å². The molecule has 0 bridgehead atoms. The molecule has 0 spiro atoms. The Bertz CT molecular complexity index is 1080. The van der Waals surface area contributed by atoms with Crippen molar-refractivity contribution in [2.24, 2.45) is 0 Å². The lowest BCUT2D eigenvalue weighted by molar-refractivity contribution is 0.0526. The molecule has 7 nitrogen and oxygen atoms in total. The van der Waals surface area contributed by atoms with Crippen LogP contribution in [0.1, 0.15) is 44.2 Å². The Morgan fingerprint density at radius 2 is 1.67 bits per heavy atom. The number of Topliss-reactive ketones (excluding diaryl/α,β-unsaturated/α-hetero) is 1.